The van der Waals surface area contributed by atoms with Gasteiger partial charge in [0.05, 0.1) is 23.0 Å². The minimum atomic E-state index is 0.679. The predicted octanol–water partition coefficient (Wildman–Crippen LogP) is 5.48. The number of aromatic nitrogens is 3. The Morgan fingerprint density at radius 2 is 1.97 bits per heavy atom. The van der Waals surface area contributed by atoms with Gasteiger partial charge in [0.1, 0.15) is 0 Å². The average molecular weight is 420 g/mol. The van der Waals surface area contributed by atoms with Crippen LogP contribution in [0.4, 0.5) is 5.69 Å². The van der Waals surface area contributed by atoms with E-state index in [0.717, 1.165) is 48.2 Å². The Balaban J connectivity index is 1.42. The van der Waals surface area contributed by atoms with Crippen molar-refractivity contribution in [2.75, 3.05) is 18.0 Å². The highest BCUT2D eigenvalue weighted by molar-refractivity contribution is 5.72. The van der Waals surface area contributed by atoms with Crippen LogP contribution in [0.2, 0.25) is 0 Å². The SMILES string of the molecule is CC[C@H]1CCN(c2ccc3c(c2)Cn2cc(-c4ccc(C#N)cc4)cc2-c2nccn2-3)C1. The van der Waals surface area contributed by atoms with Crippen LogP contribution in [0.25, 0.3) is 28.3 Å². The first kappa shape index (κ1) is 18.9. The molecule has 32 heavy (non-hydrogen) atoms. The highest BCUT2D eigenvalue weighted by atomic mass is 15.2. The molecule has 0 aliphatic carbocycles. The molecule has 4 heterocycles. The van der Waals surface area contributed by atoms with E-state index in [2.05, 4.69) is 63.7 Å². The molecular weight excluding hydrogens is 394 g/mol. The van der Waals surface area contributed by atoms with Crippen LogP contribution in [-0.4, -0.2) is 27.2 Å². The van der Waals surface area contributed by atoms with Crippen LogP contribution in [0.1, 0.15) is 30.9 Å². The summed E-state index contributed by atoms with van der Waals surface area (Å²) < 4.78 is 4.51. The molecule has 1 saturated heterocycles. The quantitative estimate of drug-likeness (QED) is 0.389. The summed E-state index contributed by atoms with van der Waals surface area (Å²) in [5.41, 5.74) is 7.88. The van der Waals surface area contributed by atoms with Crippen molar-refractivity contribution in [1.29, 1.82) is 5.26 Å². The molecule has 2 aliphatic heterocycles. The molecule has 6 rings (SSSR count). The molecule has 0 N–H and O–H groups in total. The van der Waals surface area contributed by atoms with Gasteiger partial charge < -0.3 is 9.47 Å². The van der Waals surface area contributed by atoms with Gasteiger partial charge in [0.25, 0.3) is 0 Å². The second kappa shape index (κ2) is 7.42. The van der Waals surface area contributed by atoms with E-state index in [9.17, 15) is 0 Å². The van der Waals surface area contributed by atoms with E-state index >= 15 is 0 Å². The zero-order valence-electron chi connectivity index (χ0n) is 18.2. The standard InChI is InChI=1S/C27H25N5/c1-2-19-9-11-30(16-19)24-7-8-25-23(13-24)18-31-17-22(21-5-3-20(15-28)4-6-21)14-26(31)27-29-10-12-32(25)27/h3-8,10,12-14,17,19H,2,9,11,16,18H2,1H3/t19-/m0/s1. The van der Waals surface area contributed by atoms with Crippen LogP contribution in [0.5, 0.6) is 0 Å². The number of nitriles is 1. The molecule has 0 saturated carbocycles. The number of benzene rings is 2. The molecule has 0 radical (unpaired) electrons. The first-order chi connectivity index (χ1) is 15.7. The third kappa shape index (κ3) is 3.03. The Kier molecular flexibility index (Phi) is 4.39. The van der Waals surface area contributed by atoms with Gasteiger partial charge in [-0.3, -0.25) is 4.57 Å². The Labute approximate surface area is 188 Å². The Bertz CT molecular complexity index is 1340. The van der Waals surface area contributed by atoms with Crippen molar-refractivity contribution < 1.29 is 0 Å². The van der Waals surface area contributed by atoms with Crippen LogP contribution in [0.15, 0.2) is 67.1 Å². The second-order valence-electron chi connectivity index (χ2n) is 8.87. The van der Waals surface area contributed by atoms with Gasteiger partial charge in [-0.25, -0.2) is 4.98 Å². The number of hydrogen-bond donors (Lipinski definition) is 0. The van der Waals surface area contributed by atoms with E-state index in [1.54, 1.807) is 0 Å². The minimum absolute atomic E-state index is 0.679. The average Bonchev–Trinajstić information content (AvgIpc) is 3.57. The number of hydrogen-bond acceptors (Lipinski definition) is 3. The lowest BCUT2D eigenvalue weighted by molar-refractivity contribution is 0.569. The molecule has 1 fully saturated rings. The molecule has 2 aliphatic rings. The second-order valence-corrected chi connectivity index (χ2v) is 8.87. The molecule has 4 aromatic rings. The minimum Gasteiger partial charge on any atom is -0.371 e. The number of imidazole rings is 1. The summed E-state index contributed by atoms with van der Waals surface area (Å²) in [4.78, 5) is 7.24. The molecule has 0 amide bonds. The smallest absolute Gasteiger partial charge is 0.161 e. The summed E-state index contributed by atoms with van der Waals surface area (Å²) in [5.74, 6) is 1.77. The summed E-state index contributed by atoms with van der Waals surface area (Å²) >= 11 is 0. The first-order valence-corrected chi connectivity index (χ1v) is 11.4. The lowest BCUT2D eigenvalue weighted by atomic mass is 10.1. The number of anilines is 1. The first-order valence-electron chi connectivity index (χ1n) is 11.4. The molecule has 2 aromatic carbocycles. The van der Waals surface area contributed by atoms with E-state index in [-0.39, 0.29) is 0 Å². The van der Waals surface area contributed by atoms with Gasteiger partial charge in [0, 0.05) is 49.5 Å². The third-order valence-electron chi connectivity index (χ3n) is 7.01. The molecule has 5 nitrogen and oxygen atoms in total. The Morgan fingerprint density at radius 3 is 2.75 bits per heavy atom. The summed E-state index contributed by atoms with van der Waals surface area (Å²) in [5, 5.41) is 9.10. The highest BCUT2D eigenvalue weighted by Crippen LogP contribution is 2.36. The largest absolute Gasteiger partial charge is 0.371 e. The van der Waals surface area contributed by atoms with Crippen molar-refractivity contribution in [1.82, 2.24) is 14.1 Å². The number of rotatable bonds is 3. The van der Waals surface area contributed by atoms with Crippen LogP contribution in [0, 0.1) is 17.2 Å². The maximum absolute atomic E-state index is 9.10. The lowest BCUT2D eigenvalue weighted by Gasteiger charge is -2.21. The topological polar surface area (TPSA) is 49.8 Å². The van der Waals surface area contributed by atoms with Gasteiger partial charge in [0.2, 0.25) is 0 Å². The third-order valence-corrected chi connectivity index (χ3v) is 7.01. The number of fused-ring (bicyclic) bond motifs is 5. The summed E-state index contributed by atoms with van der Waals surface area (Å²) in [6.45, 7) is 5.41. The molecule has 1 atom stereocenters. The van der Waals surface area contributed by atoms with Crippen LogP contribution in [0.3, 0.4) is 0 Å². The Morgan fingerprint density at radius 1 is 1.09 bits per heavy atom. The molecule has 5 heteroatoms. The van der Waals surface area contributed by atoms with Gasteiger partial charge in [-0.2, -0.15) is 5.26 Å². The van der Waals surface area contributed by atoms with Crippen LogP contribution in [-0.2, 0) is 6.54 Å². The van der Waals surface area contributed by atoms with E-state index in [0.29, 0.717) is 5.56 Å². The van der Waals surface area contributed by atoms with Gasteiger partial charge in [-0.15, -0.1) is 0 Å². The van der Waals surface area contributed by atoms with E-state index < -0.39 is 0 Å². The summed E-state index contributed by atoms with van der Waals surface area (Å²) in [6, 6.07) is 19.1. The van der Waals surface area contributed by atoms with Gasteiger partial charge in [0.15, 0.2) is 5.82 Å². The van der Waals surface area contributed by atoms with E-state index in [1.807, 2.05) is 30.5 Å². The normalized spacial score (nSPS) is 16.8. The molecule has 2 aromatic heterocycles. The van der Waals surface area contributed by atoms with Crippen LogP contribution < -0.4 is 4.90 Å². The molecule has 158 valence electrons. The fourth-order valence-corrected chi connectivity index (χ4v) is 5.13. The van der Waals surface area contributed by atoms with Gasteiger partial charge in [-0.1, -0.05) is 25.5 Å². The maximum Gasteiger partial charge on any atom is 0.161 e. The van der Waals surface area contributed by atoms with Gasteiger partial charge >= 0.3 is 0 Å². The van der Waals surface area contributed by atoms with Crippen molar-refractivity contribution in [2.24, 2.45) is 5.92 Å². The van der Waals surface area contributed by atoms with E-state index in [1.165, 1.54) is 29.8 Å². The lowest BCUT2D eigenvalue weighted by Crippen LogP contribution is -2.19. The fourth-order valence-electron chi connectivity index (χ4n) is 5.13. The molecular formula is C27H25N5. The zero-order chi connectivity index (χ0) is 21.7. The van der Waals surface area contributed by atoms with Crippen LogP contribution >= 0.6 is 0 Å². The summed E-state index contributed by atoms with van der Waals surface area (Å²) in [7, 11) is 0. The molecule has 0 spiro atoms. The zero-order valence-corrected chi connectivity index (χ0v) is 18.2. The van der Waals surface area contributed by atoms with Gasteiger partial charge in [-0.05, 0) is 59.9 Å². The molecule has 0 bridgehead atoms. The predicted molar refractivity (Wildman–Crippen MR) is 127 cm³/mol. The fraction of sp³-hybridized carbons (Fsp3) is 0.259. The molecule has 0 unspecified atom stereocenters. The van der Waals surface area contributed by atoms with Crippen molar-refractivity contribution >= 4 is 5.69 Å². The monoisotopic (exact) mass is 419 g/mol. The van der Waals surface area contributed by atoms with Crippen molar-refractivity contribution in [3.05, 3.63) is 78.2 Å². The van der Waals surface area contributed by atoms with E-state index in [4.69, 9.17) is 10.2 Å². The maximum atomic E-state index is 9.10. The number of nitrogens with zero attached hydrogens (tertiary/aromatic N) is 5. The summed E-state index contributed by atoms with van der Waals surface area (Å²) in [6.07, 6.45) is 8.68. The van der Waals surface area contributed by atoms with Crippen molar-refractivity contribution in [3.63, 3.8) is 0 Å². The van der Waals surface area contributed by atoms with Crippen molar-refractivity contribution in [2.45, 2.75) is 26.3 Å². The highest BCUT2D eigenvalue weighted by Gasteiger charge is 2.24. The van der Waals surface area contributed by atoms with Crippen molar-refractivity contribution in [3.8, 4) is 34.4 Å². The Hall–Kier alpha value is -3.78.